The van der Waals surface area contributed by atoms with Crippen LogP contribution in [0.5, 0.6) is 5.75 Å². The second-order valence-electron chi connectivity index (χ2n) is 8.78. The zero-order valence-corrected chi connectivity index (χ0v) is 19.4. The van der Waals surface area contributed by atoms with Gasteiger partial charge in [-0.1, -0.05) is 0 Å². The number of Topliss-reactive ketones (excluding diaryl/α,β-unsaturated/α-hetero) is 1. The van der Waals surface area contributed by atoms with Gasteiger partial charge in [-0.2, -0.15) is 10.2 Å². The Kier molecular flexibility index (Phi) is 4.69. The second-order valence-corrected chi connectivity index (χ2v) is 8.78. The summed E-state index contributed by atoms with van der Waals surface area (Å²) in [6.07, 6.45) is 8.34. The van der Waals surface area contributed by atoms with Crippen LogP contribution >= 0.6 is 0 Å². The Labute approximate surface area is 199 Å². The molecule has 2 atom stereocenters. The van der Waals surface area contributed by atoms with E-state index in [2.05, 4.69) is 30.1 Å². The van der Waals surface area contributed by atoms with Crippen LogP contribution in [0.1, 0.15) is 21.7 Å². The number of hydrogen-bond acceptors (Lipinski definition) is 8. The summed E-state index contributed by atoms with van der Waals surface area (Å²) >= 11 is 0. The second kappa shape index (κ2) is 7.79. The molecule has 0 aliphatic carbocycles. The average molecular weight is 473 g/mol. The van der Waals surface area contributed by atoms with Crippen LogP contribution in [0.4, 0.5) is 5.82 Å². The number of anilines is 1. The highest BCUT2D eigenvalue weighted by molar-refractivity contribution is 6.45. The first-order valence-corrected chi connectivity index (χ1v) is 11.2. The number of hydrazone groups is 1. The normalized spacial score (nSPS) is 19.1. The van der Waals surface area contributed by atoms with Crippen LogP contribution in [0, 0.1) is 19.8 Å². The van der Waals surface area contributed by atoms with E-state index in [1.54, 1.807) is 18.2 Å². The molecule has 12 heteroatoms. The van der Waals surface area contributed by atoms with Crippen LogP contribution in [0.2, 0.25) is 0 Å². The van der Waals surface area contributed by atoms with Crippen molar-refractivity contribution in [1.82, 2.24) is 34.6 Å². The van der Waals surface area contributed by atoms with E-state index in [1.807, 2.05) is 30.4 Å². The predicted molar refractivity (Wildman–Crippen MR) is 127 cm³/mol. The van der Waals surface area contributed by atoms with Gasteiger partial charge < -0.3 is 19.6 Å². The Balaban J connectivity index is 1.30. The van der Waals surface area contributed by atoms with Gasteiger partial charge in [0.1, 0.15) is 23.7 Å². The number of aromatic nitrogens is 6. The van der Waals surface area contributed by atoms with E-state index in [0.29, 0.717) is 41.4 Å². The number of hydrogen-bond donors (Lipinski definition) is 2. The Morgan fingerprint density at radius 1 is 1.14 bits per heavy atom. The first-order valence-electron chi connectivity index (χ1n) is 11.2. The lowest BCUT2D eigenvalue weighted by atomic mass is 10.1. The molecule has 1 saturated heterocycles. The van der Waals surface area contributed by atoms with E-state index < -0.39 is 11.7 Å². The quantitative estimate of drug-likeness (QED) is 0.332. The van der Waals surface area contributed by atoms with Crippen LogP contribution in [-0.4, -0.2) is 78.8 Å². The number of H-pyrrole nitrogens is 2. The number of aromatic amines is 2. The van der Waals surface area contributed by atoms with Gasteiger partial charge in [0.2, 0.25) is 0 Å². The highest BCUT2D eigenvalue weighted by Gasteiger charge is 2.43. The molecular weight excluding hydrogens is 450 g/mol. The summed E-state index contributed by atoms with van der Waals surface area (Å²) in [5, 5.41) is 11.2. The molecule has 0 bridgehead atoms. The summed E-state index contributed by atoms with van der Waals surface area (Å²) in [5.74, 6) is 1.18. The van der Waals surface area contributed by atoms with Gasteiger partial charge in [-0.15, -0.1) is 0 Å². The first-order chi connectivity index (χ1) is 16.9. The lowest BCUT2D eigenvalue weighted by Gasteiger charge is -2.22. The van der Waals surface area contributed by atoms with Gasteiger partial charge in [-0.3, -0.25) is 9.59 Å². The molecule has 1 fully saturated rings. The molecule has 4 aromatic rings. The number of nitrogens with one attached hydrogen (secondary N) is 2. The number of ketones is 1. The largest absolute Gasteiger partial charge is 0.494 e. The van der Waals surface area contributed by atoms with Gasteiger partial charge in [-0.05, 0) is 25.5 Å². The monoisotopic (exact) mass is 473 g/mol. The number of likely N-dealkylation sites (tertiary alicyclic amines) is 1. The van der Waals surface area contributed by atoms with E-state index in [9.17, 15) is 9.59 Å². The van der Waals surface area contributed by atoms with E-state index in [1.165, 1.54) is 24.2 Å². The number of rotatable bonds is 5. The topological polar surface area (TPSA) is 137 Å². The molecule has 2 aliphatic heterocycles. The van der Waals surface area contributed by atoms with Crippen LogP contribution in [0.25, 0.3) is 16.7 Å². The molecule has 12 nitrogen and oxygen atoms in total. The molecule has 4 aromatic heterocycles. The highest BCUT2D eigenvalue weighted by atomic mass is 16.5. The molecule has 6 rings (SSSR count). The van der Waals surface area contributed by atoms with Crippen molar-refractivity contribution in [2.45, 2.75) is 19.9 Å². The summed E-state index contributed by atoms with van der Waals surface area (Å²) < 4.78 is 6.99. The molecule has 2 aliphatic rings. The van der Waals surface area contributed by atoms with Crippen molar-refractivity contribution in [3.8, 4) is 11.6 Å². The summed E-state index contributed by atoms with van der Waals surface area (Å²) in [6.45, 7) is 4.60. The minimum absolute atomic E-state index is 0.0198. The summed E-state index contributed by atoms with van der Waals surface area (Å²) in [7, 11) is 1.50. The van der Waals surface area contributed by atoms with Gasteiger partial charge in [0.25, 0.3) is 11.7 Å². The maximum absolute atomic E-state index is 13.4. The fourth-order valence-electron chi connectivity index (χ4n) is 4.80. The van der Waals surface area contributed by atoms with E-state index in [4.69, 9.17) is 4.74 Å². The third kappa shape index (κ3) is 3.28. The summed E-state index contributed by atoms with van der Waals surface area (Å²) in [6, 6.07) is 1.99. The van der Waals surface area contributed by atoms with Crippen LogP contribution < -0.4 is 9.75 Å². The van der Waals surface area contributed by atoms with Gasteiger partial charge in [0, 0.05) is 37.6 Å². The maximum atomic E-state index is 13.4. The molecule has 0 saturated carbocycles. The first kappa shape index (κ1) is 21.1. The predicted octanol–water partition coefficient (Wildman–Crippen LogP) is 1.61. The zero-order valence-electron chi connectivity index (χ0n) is 19.4. The maximum Gasteiger partial charge on any atom is 0.295 e. The van der Waals surface area contributed by atoms with Crippen molar-refractivity contribution < 1.29 is 14.3 Å². The van der Waals surface area contributed by atoms with E-state index >= 15 is 0 Å². The third-order valence-electron chi connectivity index (χ3n) is 6.51. The Bertz CT molecular complexity index is 1500. The fourth-order valence-corrected chi connectivity index (χ4v) is 4.80. The average Bonchev–Trinajstić information content (AvgIpc) is 3.65. The van der Waals surface area contributed by atoms with E-state index in [-0.39, 0.29) is 17.5 Å². The van der Waals surface area contributed by atoms with E-state index in [0.717, 1.165) is 11.4 Å². The van der Waals surface area contributed by atoms with Gasteiger partial charge >= 0.3 is 0 Å². The molecule has 6 heterocycles. The van der Waals surface area contributed by atoms with Crippen LogP contribution in [0.15, 0.2) is 36.1 Å². The molecule has 35 heavy (non-hydrogen) atoms. The number of aryl methyl sites for hydroxylation is 2. The van der Waals surface area contributed by atoms with Gasteiger partial charge in [-0.25, -0.2) is 19.7 Å². The number of ether oxygens (including phenoxy) is 1. The lowest BCUT2D eigenvalue weighted by molar-refractivity contribution is -0.125. The molecule has 1 amide bonds. The number of amides is 1. The van der Waals surface area contributed by atoms with Crippen LogP contribution in [-0.2, 0) is 4.79 Å². The smallest absolute Gasteiger partial charge is 0.295 e. The SMILES string of the molecule is COc1cnc(-n2cnc(C)n2)c2[nH]cc(C(=O)C(=O)N3CC4C=NN(c5cc(C)c[nH]5)C4C3)c12. The molecule has 0 radical (unpaired) electrons. The molecule has 2 unspecified atom stereocenters. The molecular formula is C23H23N9O3. The van der Waals surface area contributed by atoms with Crippen molar-refractivity contribution in [3.05, 3.63) is 47.9 Å². The van der Waals surface area contributed by atoms with Gasteiger partial charge in [0.05, 0.1) is 35.8 Å². The Morgan fingerprint density at radius 3 is 2.71 bits per heavy atom. The Hall–Kier alpha value is -4.48. The number of pyridine rings is 1. The number of methoxy groups -OCH3 is 1. The van der Waals surface area contributed by atoms with Crippen molar-refractivity contribution in [2.75, 3.05) is 25.2 Å². The molecule has 2 N–H and O–H groups in total. The van der Waals surface area contributed by atoms with Crippen molar-refractivity contribution >= 4 is 34.6 Å². The van der Waals surface area contributed by atoms with Crippen molar-refractivity contribution in [3.63, 3.8) is 0 Å². The summed E-state index contributed by atoms with van der Waals surface area (Å²) in [5.41, 5.74) is 1.86. The number of nitrogens with zero attached hydrogens (tertiary/aromatic N) is 7. The number of fused-ring (bicyclic) bond motifs is 2. The van der Waals surface area contributed by atoms with Crippen molar-refractivity contribution in [2.24, 2.45) is 11.0 Å². The minimum Gasteiger partial charge on any atom is -0.494 e. The Morgan fingerprint density at radius 2 is 2.00 bits per heavy atom. The zero-order chi connectivity index (χ0) is 24.3. The molecule has 0 aromatic carbocycles. The lowest BCUT2D eigenvalue weighted by Crippen LogP contribution is -2.38. The summed E-state index contributed by atoms with van der Waals surface area (Å²) in [4.78, 5) is 43.2. The minimum atomic E-state index is -0.611. The van der Waals surface area contributed by atoms with Gasteiger partial charge in [0.15, 0.2) is 5.82 Å². The number of carbonyl (C=O) groups is 2. The molecule has 0 spiro atoms. The van der Waals surface area contributed by atoms with Crippen molar-refractivity contribution in [1.29, 1.82) is 0 Å². The molecule has 178 valence electrons. The standard InChI is InChI=1S/C23H23N9O3/c1-12-4-18(24-5-12)32-16-10-30(9-14(16)6-28-32)23(34)21(33)15-7-25-20-19(15)17(35-3)8-26-22(20)31-11-27-13(2)29-31/h4-8,11,14,16,24-25H,9-10H2,1-3H3. The highest BCUT2D eigenvalue weighted by Crippen LogP contribution is 2.34. The third-order valence-corrected chi connectivity index (χ3v) is 6.51. The fraction of sp³-hybridized carbons (Fsp3) is 0.304. The number of carbonyl (C=O) groups excluding carboxylic acids is 2. The van der Waals surface area contributed by atoms with Crippen LogP contribution in [0.3, 0.4) is 0 Å².